The average Bonchev–Trinajstić information content (AvgIpc) is 2.76. The second kappa shape index (κ2) is 6.02. The Morgan fingerprint density at radius 2 is 2.39 bits per heavy atom. The third-order valence-corrected chi connectivity index (χ3v) is 5.04. The molecule has 1 aliphatic carbocycles. The summed E-state index contributed by atoms with van der Waals surface area (Å²) in [4.78, 5) is 16.1. The van der Waals surface area contributed by atoms with Crippen molar-refractivity contribution in [2.45, 2.75) is 44.9 Å². The van der Waals surface area contributed by atoms with Crippen LogP contribution in [0.25, 0.3) is 0 Å². The fourth-order valence-corrected chi connectivity index (χ4v) is 3.33. The van der Waals surface area contributed by atoms with Crippen LogP contribution in [0.15, 0.2) is 5.38 Å². The Balaban J connectivity index is 1.78. The third-order valence-electron chi connectivity index (χ3n) is 3.87. The largest absolute Gasteiger partial charge is 0.355 e. The second-order valence-corrected chi connectivity index (χ2v) is 6.24. The van der Waals surface area contributed by atoms with Crippen LogP contribution < -0.4 is 5.32 Å². The maximum atomic E-state index is 11.8. The molecule has 2 rings (SSSR count). The lowest BCUT2D eigenvalue weighted by Crippen LogP contribution is -2.42. The van der Waals surface area contributed by atoms with Crippen molar-refractivity contribution in [2.75, 3.05) is 6.54 Å². The quantitative estimate of drug-likeness (QED) is 0.817. The lowest BCUT2D eigenvalue weighted by atomic mass is 9.67. The van der Waals surface area contributed by atoms with Crippen molar-refractivity contribution in [3.63, 3.8) is 0 Å². The molecule has 5 heteroatoms. The Hall–Kier alpha value is -0.610. The molecule has 0 bridgehead atoms. The minimum atomic E-state index is 0.0743. The maximum Gasteiger partial charge on any atom is 0.226 e. The van der Waals surface area contributed by atoms with Crippen LogP contribution in [-0.4, -0.2) is 17.4 Å². The highest BCUT2D eigenvalue weighted by Gasteiger charge is 2.35. The average molecular weight is 287 g/mol. The van der Waals surface area contributed by atoms with Gasteiger partial charge in [-0.15, -0.1) is 22.9 Å². The number of alkyl halides is 1. The Morgan fingerprint density at radius 3 is 2.89 bits per heavy atom. The van der Waals surface area contributed by atoms with Gasteiger partial charge in [-0.05, 0) is 24.7 Å². The summed E-state index contributed by atoms with van der Waals surface area (Å²) >= 11 is 7.19. The number of carbonyl (C=O) groups excluding carboxylic acids is 1. The van der Waals surface area contributed by atoms with Crippen LogP contribution in [0.5, 0.6) is 0 Å². The van der Waals surface area contributed by atoms with Crippen LogP contribution in [-0.2, 0) is 17.1 Å². The zero-order valence-corrected chi connectivity index (χ0v) is 12.2. The summed E-state index contributed by atoms with van der Waals surface area (Å²) in [5.41, 5.74) is 1.23. The molecule has 0 unspecified atom stereocenters. The van der Waals surface area contributed by atoms with Crippen molar-refractivity contribution in [3.8, 4) is 0 Å². The van der Waals surface area contributed by atoms with Gasteiger partial charge >= 0.3 is 0 Å². The molecule has 1 fully saturated rings. The van der Waals surface area contributed by atoms with Crippen molar-refractivity contribution in [1.82, 2.24) is 10.3 Å². The fraction of sp³-hybridized carbons (Fsp3) is 0.692. The van der Waals surface area contributed by atoms with Gasteiger partial charge in [0, 0.05) is 11.9 Å². The number of halogens is 1. The number of nitrogens with zero attached hydrogens (tertiary/aromatic N) is 1. The molecule has 0 radical (unpaired) electrons. The fourth-order valence-electron chi connectivity index (χ4n) is 2.31. The van der Waals surface area contributed by atoms with E-state index in [0.717, 1.165) is 23.7 Å². The van der Waals surface area contributed by atoms with Gasteiger partial charge in [-0.1, -0.05) is 13.3 Å². The summed E-state index contributed by atoms with van der Waals surface area (Å²) < 4.78 is 0. The summed E-state index contributed by atoms with van der Waals surface area (Å²) in [7, 11) is 0. The van der Waals surface area contributed by atoms with Crippen molar-refractivity contribution >= 4 is 28.8 Å². The smallest absolute Gasteiger partial charge is 0.226 e. The maximum absolute atomic E-state index is 11.8. The molecule has 1 aromatic heterocycles. The van der Waals surface area contributed by atoms with Gasteiger partial charge in [0.2, 0.25) is 5.91 Å². The van der Waals surface area contributed by atoms with Gasteiger partial charge in [0.25, 0.3) is 0 Å². The van der Waals surface area contributed by atoms with Crippen molar-refractivity contribution in [2.24, 2.45) is 5.41 Å². The van der Waals surface area contributed by atoms with E-state index in [1.165, 1.54) is 30.6 Å². The Bertz CT molecular complexity index is 409. The molecule has 3 nitrogen and oxygen atoms in total. The first-order chi connectivity index (χ1) is 8.67. The molecule has 18 heavy (non-hydrogen) atoms. The lowest BCUT2D eigenvalue weighted by molar-refractivity contribution is -0.121. The lowest BCUT2D eigenvalue weighted by Gasteiger charge is -2.41. The summed E-state index contributed by atoms with van der Waals surface area (Å²) in [5, 5.41) is 5.81. The summed E-state index contributed by atoms with van der Waals surface area (Å²) in [6, 6.07) is 0. The van der Waals surface area contributed by atoms with Crippen LogP contribution in [0, 0.1) is 5.41 Å². The minimum absolute atomic E-state index is 0.0743. The van der Waals surface area contributed by atoms with Gasteiger partial charge in [-0.2, -0.15) is 0 Å². The van der Waals surface area contributed by atoms with Gasteiger partial charge in [0.1, 0.15) is 5.01 Å². The monoisotopic (exact) mass is 286 g/mol. The van der Waals surface area contributed by atoms with Gasteiger partial charge in [-0.25, -0.2) is 4.98 Å². The molecule has 1 aromatic rings. The van der Waals surface area contributed by atoms with Gasteiger partial charge in [-0.3, -0.25) is 4.79 Å². The molecule has 0 aliphatic heterocycles. The van der Waals surface area contributed by atoms with Crippen LogP contribution >= 0.6 is 22.9 Å². The summed E-state index contributed by atoms with van der Waals surface area (Å²) in [5.74, 6) is 0.488. The summed E-state index contributed by atoms with van der Waals surface area (Å²) in [6.45, 7) is 3.02. The third kappa shape index (κ3) is 3.23. The molecule has 0 atom stereocenters. The van der Waals surface area contributed by atoms with E-state index in [9.17, 15) is 4.79 Å². The zero-order valence-electron chi connectivity index (χ0n) is 10.7. The molecular weight excluding hydrogens is 268 g/mol. The van der Waals surface area contributed by atoms with E-state index in [-0.39, 0.29) is 5.91 Å². The van der Waals surface area contributed by atoms with E-state index in [4.69, 9.17) is 11.6 Å². The van der Waals surface area contributed by atoms with Crippen molar-refractivity contribution < 1.29 is 4.79 Å². The molecule has 1 aliphatic rings. The molecule has 0 spiro atoms. The number of hydrogen-bond donors (Lipinski definition) is 1. The molecule has 0 aromatic carbocycles. The van der Waals surface area contributed by atoms with Crippen LogP contribution in [0.1, 0.15) is 43.3 Å². The number of carbonyl (C=O) groups is 1. The summed E-state index contributed by atoms with van der Waals surface area (Å²) in [6.07, 6.45) is 5.33. The SMILES string of the molecule is CCC1(CNC(=O)Cc2nc(CCl)cs2)CCC1. The van der Waals surface area contributed by atoms with Crippen LogP contribution in [0.3, 0.4) is 0 Å². The minimum Gasteiger partial charge on any atom is -0.355 e. The van der Waals surface area contributed by atoms with Gasteiger partial charge < -0.3 is 5.32 Å². The number of thiazole rings is 1. The van der Waals surface area contributed by atoms with E-state index in [0.29, 0.717) is 17.7 Å². The van der Waals surface area contributed by atoms with Gasteiger partial charge in [0.05, 0.1) is 18.0 Å². The number of amides is 1. The zero-order chi connectivity index (χ0) is 13.0. The topological polar surface area (TPSA) is 42.0 Å². The first-order valence-corrected chi connectivity index (χ1v) is 7.85. The number of hydrogen-bond acceptors (Lipinski definition) is 3. The normalized spacial score (nSPS) is 17.2. The van der Waals surface area contributed by atoms with Crippen molar-refractivity contribution in [3.05, 3.63) is 16.1 Å². The second-order valence-electron chi connectivity index (χ2n) is 5.03. The first-order valence-electron chi connectivity index (χ1n) is 6.43. The van der Waals surface area contributed by atoms with Gasteiger partial charge in [0.15, 0.2) is 0 Å². The van der Waals surface area contributed by atoms with Crippen molar-refractivity contribution in [1.29, 1.82) is 0 Å². The molecule has 100 valence electrons. The Kier molecular flexibility index (Phi) is 4.62. The highest BCUT2D eigenvalue weighted by atomic mass is 35.5. The molecule has 0 saturated heterocycles. The molecular formula is C13H19ClN2OS. The van der Waals surface area contributed by atoms with E-state index in [2.05, 4.69) is 17.2 Å². The number of aromatic nitrogens is 1. The highest BCUT2D eigenvalue weighted by molar-refractivity contribution is 7.09. The van der Waals surface area contributed by atoms with Crippen LogP contribution in [0.4, 0.5) is 0 Å². The number of nitrogens with one attached hydrogen (secondary N) is 1. The first kappa shape index (κ1) is 13.8. The Morgan fingerprint density at radius 1 is 1.61 bits per heavy atom. The molecule has 1 amide bonds. The Labute approximate surface area is 117 Å². The standard InChI is InChI=1S/C13H19ClN2OS/c1-2-13(4-3-5-13)9-15-11(17)6-12-16-10(7-14)8-18-12/h8H,2-7,9H2,1H3,(H,15,17). The van der Waals surface area contributed by atoms with E-state index in [1.807, 2.05) is 5.38 Å². The van der Waals surface area contributed by atoms with E-state index >= 15 is 0 Å². The molecule has 1 saturated carbocycles. The van der Waals surface area contributed by atoms with E-state index in [1.54, 1.807) is 0 Å². The predicted octanol–water partition coefficient (Wildman–Crippen LogP) is 3.12. The molecule has 1 N–H and O–H groups in total. The highest BCUT2D eigenvalue weighted by Crippen LogP contribution is 2.42. The number of rotatable bonds is 6. The van der Waals surface area contributed by atoms with Crippen LogP contribution in [0.2, 0.25) is 0 Å². The molecule has 1 heterocycles. The predicted molar refractivity (Wildman–Crippen MR) is 75.0 cm³/mol. The van der Waals surface area contributed by atoms with E-state index < -0.39 is 0 Å².